The van der Waals surface area contributed by atoms with Crippen molar-refractivity contribution < 1.29 is 0 Å². The Morgan fingerprint density at radius 1 is 1.50 bits per heavy atom. The highest BCUT2D eigenvalue weighted by molar-refractivity contribution is 5.74. The number of allylic oxidation sites excluding steroid dienone is 1. The van der Waals surface area contributed by atoms with Crippen LogP contribution in [0.25, 0.3) is 0 Å². The first-order valence-electron chi connectivity index (χ1n) is 3.86. The van der Waals surface area contributed by atoms with Gasteiger partial charge >= 0.3 is 0 Å². The molecule has 0 bridgehead atoms. The highest BCUT2D eigenvalue weighted by Gasteiger charge is 2.01. The molecule has 0 fully saturated rings. The summed E-state index contributed by atoms with van der Waals surface area (Å²) >= 11 is 0. The normalized spacial score (nSPS) is 15.2. The summed E-state index contributed by atoms with van der Waals surface area (Å²) in [5.41, 5.74) is 1.13. The smallest absolute Gasteiger partial charge is 0.114 e. The van der Waals surface area contributed by atoms with Crippen molar-refractivity contribution in [2.24, 2.45) is 4.99 Å². The van der Waals surface area contributed by atoms with Crippen LogP contribution in [0.5, 0.6) is 0 Å². The van der Waals surface area contributed by atoms with E-state index in [1.165, 1.54) is 0 Å². The van der Waals surface area contributed by atoms with E-state index < -0.39 is 0 Å². The fourth-order valence-electron chi connectivity index (χ4n) is 1.12. The minimum absolute atomic E-state index is 0.703. The van der Waals surface area contributed by atoms with Crippen molar-refractivity contribution in [3.05, 3.63) is 42.6 Å². The van der Waals surface area contributed by atoms with E-state index in [0.717, 1.165) is 5.69 Å². The molecule has 12 heavy (non-hydrogen) atoms. The van der Waals surface area contributed by atoms with Crippen LogP contribution in [0.3, 0.4) is 0 Å². The SMILES string of the molecule is [c]1cccc(N2C=CC=NC2)c1. The van der Waals surface area contributed by atoms with Gasteiger partial charge in [0.2, 0.25) is 0 Å². The zero-order chi connectivity index (χ0) is 8.23. The van der Waals surface area contributed by atoms with Gasteiger partial charge in [-0.25, -0.2) is 0 Å². The van der Waals surface area contributed by atoms with E-state index in [-0.39, 0.29) is 0 Å². The maximum Gasteiger partial charge on any atom is 0.114 e. The van der Waals surface area contributed by atoms with Crippen LogP contribution in [0.4, 0.5) is 5.69 Å². The standard InChI is InChI=1S/C10H9N2/c1-2-5-10(6-3-1)12-8-4-7-11-9-12/h1-2,4-8H,9H2. The third-order valence-corrected chi connectivity index (χ3v) is 1.71. The molecule has 1 aliphatic rings. The summed E-state index contributed by atoms with van der Waals surface area (Å²) in [6, 6.07) is 10.9. The van der Waals surface area contributed by atoms with Crippen molar-refractivity contribution in [3.63, 3.8) is 0 Å². The average molecular weight is 157 g/mol. The van der Waals surface area contributed by atoms with Crippen LogP contribution in [0.1, 0.15) is 0 Å². The first-order valence-corrected chi connectivity index (χ1v) is 3.86. The van der Waals surface area contributed by atoms with Gasteiger partial charge in [0.1, 0.15) is 6.67 Å². The predicted octanol–water partition coefficient (Wildman–Crippen LogP) is 1.85. The largest absolute Gasteiger partial charge is 0.328 e. The summed E-state index contributed by atoms with van der Waals surface area (Å²) in [7, 11) is 0. The lowest BCUT2D eigenvalue weighted by Gasteiger charge is -2.19. The first-order chi connectivity index (χ1) is 5.97. The van der Waals surface area contributed by atoms with Crippen LogP contribution in [0.15, 0.2) is 41.5 Å². The molecule has 0 spiro atoms. The van der Waals surface area contributed by atoms with Gasteiger partial charge in [0.05, 0.1) is 0 Å². The molecule has 0 amide bonds. The molecule has 0 saturated heterocycles. The molecule has 0 saturated carbocycles. The van der Waals surface area contributed by atoms with Gasteiger partial charge in [-0.2, -0.15) is 0 Å². The maximum atomic E-state index is 4.14. The summed E-state index contributed by atoms with van der Waals surface area (Å²) < 4.78 is 0. The van der Waals surface area contributed by atoms with Crippen molar-refractivity contribution in [2.75, 3.05) is 11.6 Å². The van der Waals surface area contributed by atoms with Gasteiger partial charge in [-0.1, -0.05) is 12.1 Å². The molecule has 2 nitrogen and oxygen atoms in total. The molecule has 1 aromatic rings. The maximum absolute atomic E-state index is 4.14. The van der Waals surface area contributed by atoms with E-state index in [2.05, 4.69) is 16.0 Å². The lowest BCUT2D eigenvalue weighted by atomic mass is 10.3. The van der Waals surface area contributed by atoms with Crippen LogP contribution in [-0.4, -0.2) is 12.9 Å². The molecule has 0 unspecified atom stereocenters. The van der Waals surface area contributed by atoms with Gasteiger partial charge in [0.25, 0.3) is 0 Å². The lowest BCUT2D eigenvalue weighted by molar-refractivity contribution is 0.970. The summed E-state index contributed by atoms with van der Waals surface area (Å²) in [4.78, 5) is 6.20. The second-order valence-corrected chi connectivity index (χ2v) is 2.55. The number of benzene rings is 1. The van der Waals surface area contributed by atoms with Crippen molar-refractivity contribution in [1.82, 2.24) is 0 Å². The van der Waals surface area contributed by atoms with Crippen molar-refractivity contribution in [3.8, 4) is 0 Å². The predicted molar refractivity (Wildman–Crippen MR) is 50.3 cm³/mol. The van der Waals surface area contributed by atoms with Crippen molar-refractivity contribution in [1.29, 1.82) is 0 Å². The number of hydrogen-bond donors (Lipinski definition) is 0. The molecule has 1 aromatic carbocycles. The summed E-state index contributed by atoms with van der Waals surface area (Å²) in [5.74, 6) is 0. The molecule has 0 aromatic heterocycles. The summed E-state index contributed by atoms with van der Waals surface area (Å²) in [6.45, 7) is 0.703. The Balaban J connectivity index is 2.21. The highest BCUT2D eigenvalue weighted by atomic mass is 15.2. The molecule has 0 atom stereocenters. The third-order valence-electron chi connectivity index (χ3n) is 1.71. The third kappa shape index (κ3) is 1.37. The van der Waals surface area contributed by atoms with E-state index in [1.807, 2.05) is 42.8 Å². The second-order valence-electron chi connectivity index (χ2n) is 2.55. The zero-order valence-electron chi connectivity index (χ0n) is 6.64. The van der Waals surface area contributed by atoms with Crippen molar-refractivity contribution in [2.45, 2.75) is 0 Å². The molecule has 1 radical (unpaired) electrons. The number of hydrogen-bond acceptors (Lipinski definition) is 2. The number of aliphatic imine (C=N–C) groups is 1. The van der Waals surface area contributed by atoms with Crippen LogP contribution in [0.2, 0.25) is 0 Å². The summed E-state index contributed by atoms with van der Waals surface area (Å²) in [5, 5.41) is 0. The molecule has 0 aliphatic carbocycles. The second kappa shape index (κ2) is 3.22. The molecular weight excluding hydrogens is 148 g/mol. The lowest BCUT2D eigenvalue weighted by Crippen LogP contribution is -2.17. The van der Waals surface area contributed by atoms with Crippen LogP contribution >= 0.6 is 0 Å². The average Bonchev–Trinajstić information content (AvgIpc) is 2.21. The zero-order valence-corrected chi connectivity index (χ0v) is 6.64. The van der Waals surface area contributed by atoms with Gasteiger partial charge in [-0.15, -0.1) is 0 Å². The topological polar surface area (TPSA) is 15.6 Å². The fourth-order valence-corrected chi connectivity index (χ4v) is 1.12. The molecule has 1 heterocycles. The Morgan fingerprint density at radius 3 is 3.17 bits per heavy atom. The molecule has 2 heteroatoms. The summed E-state index contributed by atoms with van der Waals surface area (Å²) in [6.07, 6.45) is 5.75. The van der Waals surface area contributed by atoms with E-state index >= 15 is 0 Å². The molecular formula is C10H9N2. The Kier molecular flexibility index (Phi) is 1.90. The van der Waals surface area contributed by atoms with E-state index in [1.54, 1.807) is 0 Å². The minimum atomic E-state index is 0.703. The van der Waals surface area contributed by atoms with E-state index in [0.29, 0.717) is 6.67 Å². The van der Waals surface area contributed by atoms with E-state index in [9.17, 15) is 0 Å². The van der Waals surface area contributed by atoms with Crippen LogP contribution in [0, 0.1) is 6.07 Å². The van der Waals surface area contributed by atoms with E-state index in [4.69, 9.17) is 0 Å². The number of nitrogens with zero attached hydrogens (tertiary/aromatic N) is 2. The number of anilines is 1. The fraction of sp³-hybridized carbons (Fsp3) is 0.100. The minimum Gasteiger partial charge on any atom is -0.328 e. The van der Waals surface area contributed by atoms with Gasteiger partial charge in [0, 0.05) is 18.1 Å². The van der Waals surface area contributed by atoms with Gasteiger partial charge in [0.15, 0.2) is 0 Å². The van der Waals surface area contributed by atoms with Crippen molar-refractivity contribution >= 4 is 11.9 Å². The molecule has 0 N–H and O–H groups in total. The highest BCUT2D eigenvalue weighted by Crippen LogP contribution is 2.13. The van der Waals surface area contributed by atoms with Crippen LogP contribution < -0.4 is 4.90 Å². The monoisotopic (exact) mass is 157 g/mol. The Labute approximate surface area is 71.9 Å². The van der Waals surface area contributed by atoms with Crippen LogP contribution in [-0.2, 0) is 0 Å². The number of rotatable bonds is 1. The molecule has 2 rings (SSSR count). The molecule has 1 aliphatic heterocycles. The Morgan fingerprint density at radius 2 is 2.50 bits per heavy atom. The quantitative estimate of drug-likeness (QED) is 0.607. The molecule has 59 valence electrons. The van der Waals surface area contributed by atoms with Gasteiger partial charge < -0.3 is 4.90 Å². The Hall–Kier alpha value is -1.57. The Bertz CT molecular complexity index is 301. The first kappa shape index (κ1) is 7.10. The van der Waals surface area contributed by atoms with Gasteiger partial charge in [-0.3, -0.25) is 4.99 Å². The van der Waals surface area contributed by atoms with Gasteiger partial charge in [-0.05, 0) is 24.3 Å².